The third-order valence-corrected chi connectivity index (χ3v) is 3.13. The van der Waals surface area contributed by atoms with Crippen LogP contribution in [0.15, 0.2) is 23.2 Å². The summed E-state index contributed by atoms with van der Waals surface area (Å²) in [7, 11) is 1.74. The highest BCUT2D eigenvalue weighted by atomic mass is 16.3. The summed E-state index contributed by atoms with van der Waals surface area (Å²) in [6, 6.07) is 5.47. The van der Waals surface area contributed by atoms with E-state index in [0.29, 0.717) is 18.7 Å². The van der Waals surface area contributed by atoms with E-state index < -0.39 is 5.60 Å². The predicted octanol–water partition coefficient (Wildman–Crippen LogP) is 2.25. The average molecular weight is 306 g/mol. The SMILES string of the molecule is CCCC(=O)N(C)c1ccc(NCC(C)(C)O)c(N=CN)c1. The number of aliphatic imine (C=N–C) groups is 1. The Morgan fingerprint density at radius 3 is 2.73 bits per heavy atom. The van der Waals surface area contributed by atoms with Gasteiger partial charge in [-0.3, -0.25) is 4.79 Å². The molecule has 1 aromatic carbocycles. The van der Waals surface area contributed by atoms with E-state index in [4.69, 9.17) is 5.73 Å². The number of nitrogens with two attached hydrogens (primary N) is 1. The van der Waals surface area contributed by atoms with Gasteiger partial charge in [0.2, 0.25) is 5.91 Å². The molecule has 6 heteroatoms. The molecule has 4 N–H and O–H groups in total. The molecule has 0 fully saturated rings. The smallest absolute Gasteiger partial charge is 0.226 e. The normalized spacial score (nSPS) is 11.7. The summed E-state index contributed by atoms with van der Waals surface area (Å²) in [5.41, 5.74) is 6.69. The van der Waals surface area contributed by atoms with Gasteiger partial charge in [0.05, 0.1) is 23.3 Å². The molecular weight excluding hydrogens is 280 g/mol. The second kappa shape index (κ2) is 7.79. The van der Waals surface area contributed by atoms with Gasteiger partial charge in [-0.25, -0.2) is 4.99 Å². The number of carbonyl (C=O) groups is 1. The lowest BCUT2D eigenvalue weighted by atomic mass is 10.1. The van der Waals surface area contributed by atoms with Crippen molar-refractivity contribution in [3.05, 3.63) is 18.2 Å². The number of nitrogens with zero attached hydrogens (tertiary/aromatic N) is 2. The molecule has 6 nitrogen and oxygen atoms in total. The molecular formula is C16H26N4O2. The number of amides is 1. The van der Waals surface area contributed by atoms with Gasteiger partial charge in [-0.15, -0.1) is 0 Å². The van der Waals surface area contributed by atoms with Crippen LogP contribution in [0.1, 0.15) is 33.6 Å². The lowest BCUT2D eigenvalue weighted by Gasteiger charge is -2.21. The first-order chi connectivity index (χ1) is 10.3. The molecule has 0 saturated heterocycles. The van der Waals surface area contributed by atoms with Crippen LogP contribution in [0.5, 0.6) is 0 Å². The molecule has 1 rings (SSSR count). The Bertz CT molecular complexity index is 535. The average Bonchev–Trinajstić information content (AvgIpc) is 2.44. The lowest BCUT2D eigenvalue weighted by Crippen LogP contribution is -2.29. The lowest BCUT2D eigenvalue weighted by molar-refractivity contribution is -0.118. The first-order valence-corrected chi connectivity index (χ1v) is 7.39. The number of hydrogen-bond acceptors (Lipinski definition) is 4. The minimum atomic E-state index is -0.837. The van der Waals surface area contributed by atoms with Crippen LogP contribution in [0.25, 0.3) is 0 Å². The number of hydrogen-bond donors (Lipinski definition) is 3. The molecule has 0 atom stereocenters. The molecule has 0 aliphatic rings. The van der Waals surface area contributed by atoms with Crippen LogP contribution in [0, 0.1) is 0 Å². The fraction of sp³-hybridized carbons (Fsp3) is 0.500. The summed E-state index contributed by atoms with van der Waals surface area (Å²) in [5, 5.41) is 12.9. The zero-order valence-electron chi connectivity index (χ0n) is 13.8. The van der Waals surface area contributed by atoms with Gasteiger partial charge < -0.3 is 21.1 Å². The zero-order valence-corrected chi connectivity index (χ0v) is 13.8. The molecule has 0 aliphatic carbocycles. The molecule has 0 radical (unpaired) electrons. The minimum Gasteiger partial charge on any atom is -0.390 e. The van der Waals surface area contributed by atoms with Gasteiger partial charge in [0, 0.05) is 25.7 Å². The third-order valence-electron chi connectivity index (χ3n) is 3.13. The molecule has 0 unspecified atom stereocenters. The Hall–Kier alpha value is -2.08. The van der Waals surface area contributed by atoms with Crippen LogP contribution < -0.4 is 16.0 Å². The summed E-state index contributed by atoms with van der Waals surface area (Å²) in [6.45, 7) is 5.79. The highest BCUT2D eigenvalue weighted by molar-refractivity contribution is 5.94. The molecule has 0 bridgehead atoms. The fourth-order valence-corrected chi connectivity index (χ4v) is 1.90. The van der Waals surface area contributed by atoms with E-state index in [2.05, 4.69) is 10.3 Å². The summed E-state index contributed by atoms with van der Waals surface area (Å²) in [4.78, 5) is 17.7. The van der Waals surface area contributed by atoms with Gasteiger partial charge in [0.15, 0.2) is 0 Å². The maximum Gasteiger partial charge on any atom is 0.226 e. The molecule has 1 amide bonds. The van der Waals surface area contributed by atoms with E-state index >= 15 is 0 Å². The number of rotatable bonds is 7. The van der Waals surface area contributed by atoms with Crippen molar-refractivity contribution in [2.75, 3.05) is 23.8 Å². The summed E-state index contributed by atoms with van der Waals surface area (Å²) in [6.07, 6.45) is 2.52. The van der Waals surface area contributed by atoms with Crippen LogP contribution in [0.4, 0.5) is 17.1 Å². The molecule has 22 heavy (non-hydrogen) atoms. The Balaban J connectivity index is 3.01. The number of carbonyl (C=O) groups excluding carboxylic acids is 1. The second-order valence-electron chi connectivity index (χ2n) is 5.85. The quantitative estimate of drug-likeness (QED) is 0.532. The zero-order chi connectivity index (χ0) is 16.8. The van der Waals surface area contributed by atoms with Crippen LogP contribution in [0.3, 0.4) is 0 Å². The van der Waals surface area contributed by atoms with Crippen molar-refractivity contribution in [1.29, 1.82) is 0 Å². The number of benzene rings is 1. The van der Waals surface area contributed by atoms with Crippen molar-refractivity contribution in [2.24, 2.45) is 10.7 Å². The van der Waals surface area contributed by atoms with Gasteiger partial charge in [0.25, 0.3) is 0 Å². The highest BCUT2D eigenvalue weighted by Crippen LogP contribution is 2.30. The maximum absolute atomic E-state index is 12.0. The van der Waals surface area contributed by atoms with Crippen molar-refractivity contribution in [2.45, 2.75) is 39.2 Å². The van der Waals surface area contributed by atoms with E-state index in [1.165, 1.54) is 6.34 Å². The van der Waals surface area contributed by atoms with Crippen LogP contribution in [-0.4, -0.2) is 36.5 Å². The fourth-order valence-electron chi connectivity index (χ4n) is 1.90. The molecule has 122 valence electrons. The summed E-state index contributed by atoms with van der Waals surface area (Å²) in [5.74, 6) is 0.0578. The van der Waals surface area contributed by atoms with E-state index in [9.17, 15) is 9.90 Å². The van der Waals surface area contributed by atoms with E-state index in [1.54, 1.807) is 31.9 Å². The Labute approximate surface area is 132 Å². The first-order valence-electron chi connectivity index (χ1n) is 7.39. The van der Waals surface area contributed by atoms with Crippen LogP contribution >= 0.6 is 0 Å². The third kappa shape index (κ3) is 5.37. The number of anilines is 2. The molecule has 0 spiro atoms. The van der Waals surface area contributed by atoms with Gasteiger partial charge in [-0.05, 0) is 38.5 Å². The number of aliphatic hydroxyl groups is 1. The largest absolute Gasteiger partial charge is 0.390 e. The van der Waals surface area contributed by atoms with Crippen molar-refractivity contribution in [3.63, 3.8) is 0 Å². The molecule has 0 aliphatic heterocycles. The highest BCUT2D eigenvalue weighted by Gasteiger charge is 2.15. The number of nitrogens with one attached hydrogen (secondary N) is 1. The standard InChI is InChI=1S/C16H26N4O2/c1-5-6-15(21)20(4)12-7-8-13(14(9-12)19-11-17)18-10-16(2,3)22/h7-9,11,18,22H,5-6,10H2,1-4H3,(H2,17,19). The van der Waals surface area contributed by atoms with Crippen molar-refractivity contribution < 1.29 is 9.90 Å². The monoisotopic (exact) mass is 306 g/mol. The Morgan fingerprint density at radius 2 is 2.18 bits per heavy atom. The minimum absolute atomic E-state index is 0.0578. The predicted molar refractivity (Wildman–Crippen MR) is 91.9 cm³/mol. The van der Waals surface area contributed by atoms with E-state index in [-0.39, 0.29) is 5.91 Å². The van der Waals surface area contributed by atoms with Gasteiger partial charge in [-0.1, -0.05) is 6.92 Å². The molecule has 0 heterocycles. The van der Waals surface area contributed by atoms with Crippen LogP contribution in [0.2, 0.25) is 0 Å². The first kappa shape index (κ1) is 18.0. The maximum atomic E-state index is 12.0. The van der Waals surface area contributed by atoms with Crippen molar-refractivity contribution in [3.8, 4) is 0 Å². The summed E-state index contributed by atoms with van der Waals surface area (Å²) < 4.78 is 0. The van der Waals surface area contributed by atoms with Crippen molar-refractivity contribution in [1.82, 2.24) is 0 Å². The second-order valence-corrected chi connectivity index (χ2v) is 5.85. The van der Waals surface area contributed by atoms with Gasteiger partial charge >= 0.3 is 0 Å². The molecule has 0 saturated carbocycles. The Kier molecular flexibility index (Phi) is 6.37. The Morgan fingerprint density at radius 1 is 1.50 bits per heavy atom. The topological polar surface area (TPSA) is 91.0 Å². The van der Waals surface area contributed by atoms with E-state index in [0.717, 1.165) is 17.8 Å². The molecule has 1 aromatic rings. The van der Waals surface area contributed by atoms with Crippen molar-refractivity contribution >= 4 is 29.3 Å². The van der Waals surface area contributed by atoms with Gasteiger partial charge in [-0.2, -0.15) is 0 Å². The summed E-state index contributed by atoms with van der Waals surface area (Å²) >= 11 is 0. The van der Waals surface area contributed by atoms with Gasteiger partial charge in [0.1, 0.15) is 0 Å². The molecule has 0 aromatic heterocycles. The van der Waals surface area contributed by atoms with E-state index in [1.807, 2.05) is 19.1 Å². The van der Waals surface area contributed by atoms with Crippen LogP contribution in [-0.2, 0) is 4.79 Å².